The zero-order chi connectivity index (χ0) is 24.9. The maximum atomic E-state index is 13.7. The lowest BCUT2D eigenvalue weighted by Crippen LogP contribution is -2.16. The number of hydrogen-bond acceptors (Lipinski definition) is 5. The summed E-state index contributed by atoms with van der Waals surface area (Å²) in [6.07, 6.45) is 0.452. The molecule has 1 saturated heterocycles. The molecular weight excluding hydrogens is 474 g/mol. The summed E-state index contributed by atoms with van der Waals surface area (Å²) >= 11 is 0. The van der Waals surface area contributed by atoms with Crippen molar-refractivity contribution in [3.8, 4) is 11.3 Å². The van der Waals surface area contributed by atoms with E-state index >= 15 is 0 Å². The molecule has 180 valence electrons. The van der Waals surface area contributed by atoms with Gasteiger partial charge in [0.15, 0.2) is 27.2 Å². The number of aromatic nitrogens is 3. The number of hydrogen-bond donors (Lipinski definition) is 1. The van der Waals surface area contributed by atoms with Crippen molar-refractivity contribution in [1.29, 1.82) is 0 Å². The molecule has 1 N–H and O–H groups in total. The summed E-state index contributed by atoms with van der Waals surface area (Å²) in [5.74, 6) is -2.10. The lowest BCUT2D eigenvalue weighted by molar-refractivity contribution is 0.102. The molecule has 1 fully saturated rings. The van der Waals surface area contributed by atoms with Crippen molar-refractivity contribution in [3.63, 3.8) is 0 Å². The van der Waals surface area contributed by atoms with Gasteiger partial charge in [0, 0.05) is 17.3 Å². The van der Waals surface area contributed by atoms with Crippen LogP contribution in [-0.4, -0.2) is 40.4 Å². The van der Waals surface area contributed by atoms with E-state index in [0.717, 1.165) is 23.3 Å². The van der Waals surface area contributed by atoms with Gasteiger partial charge in [0.2, 0.25) is 0 Å². The second kappa shape index (κ2) is 8.53. The molecule has 0 radical (unpaired) electrons. The smallest absolute Gasteiger partial charge is 0.276 e. The second-order valence-corrected chi connectivity index (χ2v) is 11.0. The van der Waals surface area contributed by atoms with Crippen LogP contribution >= 0.6 is 0 Å². The predicted molar refractivity (Wildman–Crippen MR) is 129 cm³/mol. The van der Waals surface area contributed by atoms with Crippen LogP contribution in [0, 0.1) is 25.5 Å². The third-order valence-electron chi connectivity index (χ3n) is 6.17. The molecule has 4 aromatic rings. The largest absolute Gasteiger partial charge is 0.324 e. The third kappa shape index (κ3) is 4.41. The standard InChI is InChI=1S/C25H22F2N4O3S/c1-14-3-5-16(6-4-14)21-12-22-23(28-15(2)31(22)18-9-10-35(33,34)13-18)24(30-21)25(32)29-17-7-8-19(26)20(27)11-17/h3-8,11-12,18H,9-10,13H2,1-2H3,(H,29,32). The number of nitrogens with zero attached hydrogens (tertiary/aromatic N) is 3. The zero-order valence-electron chi connectivity index (χ0n) is 19.0. The molecule has 1 aliphatic heterocycles. The van der Waals surface area contributed by atoms with Crippen molar-refractivity contribution >= 4 is 32.5 Å². The highest BCUT2D eigenvalue weighted by Gasteiger charge is 2.32. The van der Waals surface area contributed by atoms with Crippen LogP contribution in [0.4, 0.5) is 14.5 Å². The van der Waals surface area contributed by atoms with Crippen molar-refractivity contribution in [2.45, 2.75) is 26.3 Å². The number of carbonyl (C=O) groups is 1. The lowest BCUT2D eigenvalue weighted by Gasteiger charge is -2.15. The highest BCUT2D eigenvalue weighted by Crippen LogP contribution is 2.33. The van der Waals surface area contributed by atoms with Crippen LogP contribution in [0.15, 0.2) is 48.5 Å². The predicted octanol–water partition coefficient (Wildman–Crippen LogP) is 4.61. The molecule has 7 nitrogen and oxygen atoms in total. The SMILES string of the molecule is Cc1ccc(-c2cc3c(nc(C)n3C3CCS(=O)(=O)C3)c(C(=O)Nc3ccc(F)c(F)c3)n2)cc1. The van der Waals surface area contributed by atoms with Crippen molar-refractivity contribution in [3.05, 3.63) is 77.2 Å². The fraction of sp³-hybridized carbons (Fsp3) is 0.240. The van der Waals surface area contributed by atoms with Crippen LogP contribution < -0.4 is 5.32 Å². The number of aryl methyl sites for hydroxylation is 2. The molecule has 5 rings (SSSR count). The fourth-order valence-electron chi connectivity index (χ4n) is 4.44. The van der Waals surface area contributed by atoms with E-state index in [4.69, 9.17) is 0 Å². The number of rotatable bonds is 4. The Hall–Kier alpha value is -3.66. The van der Waals surface area contributed by atoms with Gasteiger partial charge < -0.3 is 9.88 Å². The molecule has 10 heteroatoms. The zero-order valence-corrected chi connectivity index (χ0v) is 19.9. The first-order valence-electron chi connectivity index (χ1n) is 11.0. The maximum absolute atomic E-state index is 13.7. The first kappa shape index (κ1) is 23.1. The lowest BCUT2D eigenvalue weighted by atomic mass is 10.1. The summed E-state index contributed by atoms with van der Waals surface area (Å²) < 4.78 is 53.2. The molecule has 35 heavy (non-hydrogen) atoms. The summed E-state index contributed by atoms with van der Waals surface area (Å²) in [5.41, 5.74) is 3.31. The topological polar surface area (TPSA) is 94.0 Å². The summed E-state index contributed by atoms with van der Waals surface area (Å²) in [7, 11) is -3.16. The number of fused-ring (bicyclic) bond motifs is 1. The molecule has 3 heterocycles. The van der Waals surface area contributed by atoms with Crippen molar-refractivity contribution in [1.82, 2.24) is 14.5 Å². The molecule has 0 spiro atoms. The highest BCUT2D eigenvalue weighted by atomic mass is 32.2. The molecular formula is C25H22F2N4O3S. The molecule has 2 aromatic heterocycles. The number of nitrogens with one attached hydrogen (secondary N) is 1. The quantitative estimate of drug-likeness (QED) is 0.446. The summed E-state index contributed by atoms with van der Waals surface area (Å²) in [6.45, 7) is 3.72. The van der Waals surface area contributed by atoms with Gasteiger partial charge in [-0.05, 0) is 38.5 Å². The van der Waals surface area contributed by atoms with E-state index in [2.05, 4.69) is 15.3 Å². The van der Waals surface area contributed by atoms with Gasteiger partial charge in [-0.15, -0.1) is 0 Å². The second-order valence-electron chi connectivity index (χ2n) is 8.76. The Labute approximate surface area is 200 Å². The Kier molecular flexibility index (Phi) is 5.63. The minimum Gasteiger partial charge on any atom is -0.324 e. The molecule has 1 aliphatic rings. The maximum Gasteiger partial charge on any atom is 0.276 e. The number of carbonyl (C=O) groups excluding carboxylic acids is 1. The Bertz CT molecular complexity index is 1580. The van der Waals surface area contributed by atoms with Gasteiger partial charge >= 0.3 is 0 Å². The van der Waals surface area contributed by atoms with E-state index < -0.39 is 27.4 Å². The molecule has 1 unspecified atom stereocenters. The third-order valence-corrected chi connectivity index (χ3v) is 7.92. The highest BCUT2D eigenvalue weighted by molar-refractivity contribution is 7.91. The number of anilines is 1. The van der Waals surface area contributed by atoms with Gasteiger partial charge in [0.1, 0.15) is 11.3 Å². The summed E-state index contributed by atoms with van der Waals surface area (Å²) in [4.78, 5) is 22.4. The molecule has 0 saturated carbocycles. The summed E-state index contributed by atoms with van der Waals surface area (Å²) in [5, 5.41) is 2.56. The average Bonchev–Trinajstić information content (AvgIpc) is 3.33. The van der Waals surface area contributed by atoms with Gasteiger partial charge in [0.25, 0.3) is 5.91 Å². The van der Waals surface area contributed by atoms with Crippen LogP contribution in [0.3, 0.4) is 0 Å². The van der Waals surface area contributed by atoms with Crippen LogP contribution in [-0.2, 0) is 9.84 Å². The minimum absolute atomic E-state index is 0.00211. The van der Waals surface area contributed by atoms with Crippen LogP contribution in [0.1, 0.15) is 34.3 Å². The van der Waals surface area contributed by atoms with Gasteiger partial charge in [-0.2, -0.15) is 0 Å². The Morgan fingerprint density at radius 2 is 1.77 bits per heavy atom. The summed E-state index contributed by atoms with van der Waals surface area (Å²) in [6, 6.07) is 12.2. The number of pyridine rings is 1. The van der Waals surface area contributed by atoms with Crippen molar-refractivity contribution in [2.75, 3.05) is 16.8 Å². The van der Waals surface area contributed by atoms with E-state index in [1.165, 1.54) is 6.07 Å². The Balaban J connectivity index is 1.66. The molecule has 0 bridgehead atoms. The van der Waals surface area contributed by atoms with E-state index in [9.17, 15) is 22.0 Å². The monoisotopic (exact) mass is 496 g/mol. The Morgan fingerprint density at radius 1 is 1.03 bits per heavy atom. The first-order valence-corrected chi connectivity index (χ1v) is 12.9. The van der Waals surface area contributed by atoms with Crippen molar-refractivity contribution < 1.29 is 22.0 Å². The van der Waals surface area contributed by atoms with E-state index in [1.807, 2.05) is 35.8 Å². The molecule has 2 aromatic carbocycles. The number of amides is 1. The minimum atomic E-state index is -3.16. The van der Waals surface area contributed by atoms with Gasteiger partial charge in [0.05, 0.1) is 28.8 Å². The number of sulfone groups is 1. The average molecular weight is 497 g/mol. The van der Waals surface area contributed by atoms with Gasteiger partial charge in [-0.3, -0.25) is 4.79 Å². The first-order chi connectivity index (χ1) is 16.6. The molecule has 0 aliphatic carbocycles. The van der Waals surface area contributed by atoms with E-state index in [0.29, 0.717) is 29.0 Å². The van der Waals surface area contributed by atoms with E-state index in [-0.39, 0.29) is 28.9 Å². The van der Waals surface area contributed by atoms with Crippen LogP contribution in [0.5, 0.6) is 0 Å². The normalized spacial score (nSPS) is 17.1. The molecule has 1 atom stereocenters. The van der Waals surface area contributed by atoms with Gasteiger partial charge in [-0.25, -0.2) is 27.2 Å². The van der Waals surface area contributed by atoms with Crippen LogP contribution in [0.25, 0.3) is 22.3 Å². The fourth-order valence-corrected chi connectivity index (χ4v) is 6.14. The van der Waals surface area contributed by atoms with Crippen molar-refractivity contribution in [2.24, 2.45) is 0 Å². The number of imidazole rings is 1. The van der Waals surface area contributed by atoms with Gasteiger partial charge in [-0.1, -0.05) is 29.8 Å². The van der Waals surface area contributed by atoms with E-state index in [1.54, 1.807) is 13.0 Å². The number of benzene rings is 2. The number of halogens is 2. The molecule has 1 amide bonds. The Morgan fingerprint density at radius 3 is 2.43 bits per heavy atom. The van der Waals surface area contributed by atoms with Crippen LogP contribution in [0.2, 0.25) is 0 Å².